The van der Waals surface area contributed by atoms with Gasteiger partial charge in [-0.25, -0.2) is 9.18 Å². The number of carboxylic acid groups (broad SMARTS) is 1. The largest absolute Gasteiger partial charge is 0.477 e. The van der Waals surface area contributed by atoms with Crippen LogP contribution in [0.25, 0.3) is 10.4 Å². The number of aromatic carboxylic acids is 1. The molecule has 0 amide bonds. The number of carbonyl (C=O) groups is 1. The van der Waals surface area contributed by atoms with E-state index in [1.165, 1.54) is 12.1 Å². The zero-order chi connectivity index (χ0) is 13.4. The van der Waals surface area contributed by atoms with E-state index in [-0.39, 0.29) is 15.6 Å². The van der Waals surface area contributed by atoms with Crippen LogP contribution in [-0.2, 0) is 0 Å². The van der Waals surface area contributed by atoms with Crippen LogP contribution in [0.15, 0.2) is 18.2 Å². The van der Waals surface area contributed by atoms with Gasteiger partial charge in [-0.15, -0.1) is 11.3 Å². The Kier molecular flexibility index (Phi) is 3.28. The molecule has 0 radical (unpaired) electrons. The molecule has 18 heavy (non-hydrogen) atoms. The van der Waals surface area contributed by atoms with E-state index in [2.05, 4.69) is 0 Å². The van der Waals surface area contributed by atoms with Crippen molar-refractivity contribution in [2.24, 2.45) is 0 Å². The van der Waals surface area contributed by atoms with E-state index in [0.717, 1.165) is 11.3 Å². The highest BCUT2D eigenvalue weighted by atomic mass is 35.5. The van der Waals surface area contributed by atoms with Crippen LogP contribution in [-0.4, -0.2) is 11.1 Å². The van der Waals surface area contributed by atoms with Gasteiger partial charge in [-0.05, 0) is 30.2 Å². The first kappa shape index (κ1) is 12.9. The normalized spacial score (nSPS) is 10.6. The molecule has 0 fully saturated rings. The Morgan fingerprint density at radius 2 is 2.17 bits per heavy atom. The van der Waals surface area contributed by atoms with Gasteiger partial charge in [0, 0.05) is 4.88 Å². The lowest BCUT2D eigenvalue weighted by atomic mass is 10.1. The highest BCUT2D eigenvalue weighted by Crippen LogP contribution is 2.38. The summed E-state index contributed by atoms with van der Waals surface area (Å²) in [5, 5.41) is 9.01. The summed E-state index contributed by atoms with van der Waals surface area (Å²) < 4.78 is 13.4. The second kappa shape index (κ2) is 4.59. The lowest BCUT2D eigenvalue weighted by molar-refractivity contribution is 0.0703. The second-order valence-electron chi connectivity index (χ2n) is 3.73. The van der Waals surface area contributed by atoms with Gasteiger partial charge in [-0.2, -0.15) is 0 Å². The lowest BCUT2D eigenvalue weighted by Gasteiger charge is -2.01. The van der Waals surface area contributed by atoms with Crippen molar-refractivity contribution in [1.29, 1.82) is 0 Å². The third-order valence-electron chi connectivity index (χ3n) is 2.57. The van der Waals surface area contributed by atoms with Gasteiger partial charge in [0.25, 0.3) is 0 Å². The van der Waals surface area contributed by atoms with E-state index < -0.39 is 11.8 Å². The van der Waals surface area contributed by atoms with E-state index in [1.54, 1.807) is 13.0 Å². The summed E-state index contributed by atoms with van der Waals surface area (Å²) in [6, 6.07) is 4.34. The molecule has 3 N–H and O–H groups in total. The van der Waals surface area contributed by atoms with Crippen LogP contribution in [0.2, 0.25) is 5.02 Å². The zero-order valence-corrected chi connectivity index (χ0v) is 10.9. The molecule has 2 rings (SSSR count). The molecule has 2 aromatic rings. The predicted molar refractivity (Wildman–Crippen MR) is 70.8 cm³/mol. The minimum Gasteiger partial charge on any atom is -0.477 e. The Hall–Kier alpha value is -1.59. The Bertz CT molecular complexity index is 639. The Morgan fingerprint density at radius 1 is 1.50 bits per heavy atom. The maximum absolute atomic E-state index is 13.4. The number of rotatable bonds is 2. The fourth-order valence-electron chi connectivity index (χ4n) is 1.60. The molecule has 1 aromatic carbocycles. The Balaban J connectivity index is 2.61. The molecular formula is C12H9ClFNO2S. The summed E-state index contributed by atoms with van der Waals surface area (Å²) in [6.07, 6.45) is 0. The monoisotopic (exact) mass is 285 g/mol. The van der Waals surface area contributed by atoms with Gasteiger partial charge in [-0.1, -0.05) is 17.7 Å². The number of hydrogen-bond acceptors (Lipinski definition) is 3. The van der Waals surface area contributed by atoms with Crippen LogP contribution < -0.4 is 5.73 Å². The van der Waals surface area contributed by atoms with Crippen LogP contribution in [0, 0.1) is 12.7 Å². The number of carboxylic acids is 1. The molecule has 1 heterocycles. The molecule has 0 unspecified atom stereocenters. The topological polar surface area (TPSA) is 63.3 Å². The molecule has 0 aliphatic carbocycles. The number of anilines is 1. The van der Waals surface area contributed by atoms with Crippen LogP contribution in [0.4, 0.5) is 10.1 Å². The fraction of sp³-hybridized carbons (Fsp3) is 0.0833. The van der Waals surface area contributed by atoms with Crippen LogP contribution in [0.3, 0.4) is 0 Å². The molecule has 94 valence electrons. The summed E-state index contributed by atoms with van der Waals surface area (Å²) in [5.41, 5.74) is 7.15. The van der Waals surface area contributed by atoms with E-state index in [0.29, 0.717) is 16.0 Å². The standard InChI is InChI=1S/C12H9ClFNO2S/c1-5-9(15)11(12(16)17)18-10(5)6-2-3-7(13)8(14)4-6/h2-4H,15H2,1H3,(H,16,17). The SMILES string of the molecule is Cc1c(-c2ccc(Cl)c(F)c2)sc(C(=O)O)c1N. The molecular weight excluding hydrogens is 277 g/mol. The summed E-state index contributed by atoms with van der Waals surface area (Å²) in [6.45, 7) is 1.71. The van der Waals surface area contributed by atoms with Crippen molar-refractivity contribution in [1.82, 2.24) is 0 Å². The third-order valence-corrected chi connectivity index (χ3v) is 4.22. The van der Waals surface area contributed by atoms with Crippen molar-refractivity contribution in [3.8, 4) is 10.4 Å². The summed E-state index contributed by atoms with van der Waals surface area (Å²) in [4.78, 5) is 11.7. The van der Waals surface area contributed by atoms with E-state index in [9.17, 15) is 9.18 Å². The molecule has 0 aliphatic heterocycles. The second-order valence-corrected chi connectivity index (χ2v) is 5.16. The predicted octanol–water partition coefficient (Wildman–Crippen LogP) is 3.80. The molecule has 0 saturated carbocycles. The average Bonchev–Trinajstić information content (AvgIpc) is 2.60. The van der Waals surface area contributed by atoms with Gasteiger partial charge < -0.3 is 10.8 Å². The van der Waals surface area contributed by atoms with Crippen molar-refractivity contribution < 1.29 is 14.3 Å². The maximum atomic E-state index is 13.4. The third kappa shape index (κ3) is 2.07. The van der Waals surface area contributed by atoms with Crippen LogP contribution >= 0.6 is 22.9 Å². The first-order chi connectivity index (χ1) is 8.41. The first-order valence-electron chi connectivity index (χ1n) is 4.99. The molecule has 3 nitrogen and oxygen atoms in total. The van der Waals surface area contributed by atoms with Crippen molar-refractivity contribution in [3.63, 3.8) is 0 Å². The summed E-state index contributed by atoms with van der Waals surface area (Å²) in [7, 11) is 0. The average molecular weight is 286 g/mol. The minimum atomic E-state index is -1.08. The lowest BCUT2D eigenvalue weighted by Crippen LogP contribution is -1.97. The number of thiophene rings is 1. The highest BCUT2D eigenvalue weighted by Gasteiger charge is 2.19. The van der Waals surface area contributed by atoms with E-state index in [1.807, 2.05) is 0 Å². The number of halogens is 2. The Morgan fingerprint density at radius 3 is 2.67 bits per heavy atom. The summed E-state index contributed by atoms with van der Waals surface area (Å²) in [5.74, 6) is -1.63. The number of benzene rings is 1. The van der Waals surface area contributed by atoms with Crippen LogP contribution in [0.5, 0.6) is 0 Å². The van der Waals surface area contributed by atoms with E-state index >= 15 is 0 Å². The van der Waals surface area contributed by atoms with Crippen LogP contribution in [0.1, 0.15) is 15.2 Å². The molecule has 0 aliphatic rings. The van der Waals surface area contributed by atoms with Crippen molar-refractivity contribution >= 4 is 34.6 Å². The zero-order valence-electron chi connectivity index (χ0n) is 9.33. The molecule has 1 aromatic heterocycles. The maximum Gasteiger partial charge on any atom is 0.348 e. The Labute approximate surface area is 112 Å². The molecule has 0 spiro atoms. The molecule has 6 heteroatoms. The first-order valence-corrected chi connectivity index (χ1v) is 6.19. The number of nitrogens with two attached hydrogens (primary N) is 1. The van der Waals surface area contributed by atoms with Gasteiger partial charge in [0.2, 0.25) is 0 Å². The highest BCUT2D eigenvalue weighted by molar-refractivity contribution is 7.18. The molecule has 0 saturated heterocycles. The summed E-state index contributed by atoms with van der Waals surface area (Å²) >= 11 is 6.63. The van der Waals surface area contributed by atoms with Crippen molar-refractivity contribution in [2.75, 3.05) is 5.73 Å². The van der Waals surface area contributed by atoms with Gasteiger partial charge in [0.1, 0.15) is 10.7 Å². The number of hydrogen-bond donors (Lipinski definition) is 2. The van der Waals surface area contributed by atoms with Gasteiger partial charge in [0.15, 0.2) is 0 Å². The van der Waals surface area contributed by atoms with Gasteiger partial charge >= 0.3 is 5.97 Å². The van der Waals surface area contributed by atoms with E-state index in [4.69, 9.17) is 22.4 Å². The van der Waals surface area contributed by atoms with Gasteiger partial charge in [0.05, 0.1) is 10.7 Å². The quantitative estimate of drug-likeness (QED) is 0.882. The molecule has 0 atom stereocenters. The fourth-order valence-corrected chi connectivity index (χ4v) is 2.78. The minimum absolute atomic E-state index is 0.0272. The van der Waals surface area contributed by atoms with Crippen molar-refractivity contribution in [3.05, 3.63) is 39.5 Å². The number of nitrogen functional groups attached to an aromatic ring is 1. The molecule has 0 bridgehead atoms. The van der Waals surface area contributed by atoms with Gasteiger partial charge in [-0.3, -0.25) is 0 Å². The smallest absolute Gasteiger partial charge is 0.348 e. The van der Waals surface area contributed by atoms with Crippen molar-refractivity contribution in [2.45, 2.75) is 6.92 Å².